The summed E-state index contributed by atoms with van der Waals surface area (Å²) < 4.78 is 68.8. The van der Waals surface area contributed by atoms with Crippen molar-refractivity contribution < 1.29 is 80.2 Å². The van der Waals surface area contributed by atoms with E-state index in [4.69, 9.17) is 37.0 Å². The van der Waals surface area contributed by atoms with E-state index in [0.29, 0.717) is 25.7 Å². The largest absolute Gasteiger partial charge is 0.472 e. The zero-order valence-electron chi connectivity index (χ0n) is 66.9. The van der Waals surface area contributed by atoms with Crippen LogP contribution in [0.3, 0.4) is 0 Å². The van der Waals surface area contributed by atoms with E-state index in [-0.39, 0.29) is 25.7 Å². The highest BCUT2D eigenvalue weighted by atomic mass is 31.2. The van der Waals surface area contributed by atoms with Gasteiger partial charge in [0, 0.05) is 25.7 Å². The van der Waals surface area contributed by atoms with Gasteiger partial charge < -0.3 is 33.8 Å². The van der Waals surface area contributed by atoms with Crippen LogP contribution in [0.4, 0.5) is 0 Å². The van der Waals surface area contributed by atoms with Crippen LogP contribution in [0.5, 0.6) is 0 Å². The first-order valence-electron chi connectivity index (χ1n) is 43.0. The Morgan fingerprint density at radius 1 is 0.265 bits per heavy atom. The summed E-state index contributed by atoms with van der Waals surface area (Å²) in [7, 11) is -9.92. The molecule has 5 atom stereocenters. The number of rotatable bonds is 82. The lowest BCUT2D eigenvalue weighted by Crippen LogP contribution is -2.30. The Labute approximate surface area is 626 Å². The van der Waals surface area contributed by atoms with Gasteiger partial charge in [-0.1, -0.05) is 388 Å². The predicted molar refractivity (Wildman–Crippen MR) is 418 cm³/mol. The third-order valence-corrected chi connectivity index (χ3v) is 21.4. The molecule has 0 bridgehead atoms. The maximum absolute atomic E-state index is 13.1. The van der Waals surface area contributed by atoms with Crippen LogP contribution < -0.4 is 0 Å². The van der Waals surface area contributed by atoms with Crippen molar-refractivity contribution in [3.8, 4) is 0 Å². The highest BCUT2D eigenvalue weighted by molar-refractivity contribution is 7.47. The maximum atomic E-state index is 13.1. The number of phosphoric ester groups is 2. The van der Waals surface area contributed by atoms with E-state index in [1.165, 1.54) is 257 Å². The molecule has 2 unspecified atom stereocenters. The molecule has 0 aliphatic carbocycles. The smallest absolute Gasteiger partial charge is 0.462 e. The fourth-order valence-corrected chi connectivity index (χ4v) is 14.5. The molecule has 0 aromatic rings. The quantitative estimate of drug-likeness (QED) is 0.0222. The van der Waals surface area contributed by atoms with Crippen molar-refractivity contribution >= 4 is 39.5 Å². The molecule has 0 aromatic heterocycles. The van der Waals surface area contributed by atoms with Crippen LogP contribution in [0, 0.1) is 11.8 Å². The molecule has 0 radical (unpaired) electrons. The molecule has 0 fully saturated rings. The monoisotopic (exact) mass is 1490 g/mol. The summed E-state index contributed by atoms with van der Waals surface area (Å²) in [5.74, 6) is -0.599. The third kappa shape index (κ3) is 76.3. The molecule has 17 nitrogen and oxygen atoms in total. The van der Waals surface area contributed by atoms with E-state index in [2.05, 4.69) is 41.5 Å². The van der Waals surface area contributed by atoms with E-state index < -0.39 is 97.5 Å². The lowest BCUT2D eigenvalue weighted by Gasteiger charge is -2.21. The Morgan fingerprint density at radius 3 is 0.667 bits per heavy atom. The molecule has 19 heteroatoms. The Morgan fingerprint density at radius 2 is 0.451 bits per heavy atom. The molecule has 0 heterocycles. The predicted octanol–water partition coefficient (Wildman–Crippen LogP) is 25.1. The fourth-order valence-electron chi connectivity index (χ4n) is 12.9. The minimum atomic E-state index is -4.96. The van der Waals surface area contributed by atoms with Crippen molar-refractivity contribution in [3.63, 3.8) is 0 Å². The number of unbranched alkanes of at least 4 members (excludes halogenated alkanes) is 52. The Balaban J connectivity index is 5.22. The molecule has 606 valence electrons. The lowest BCUT2D eigenvalue weighted by atomic mass is 10.0. The average molecular weight is 1490 g/mol. The van der Waals surface area contributed by atoms with E-state index in [9.17, 15) is 43.2 Å². The van der Waals surface area contributed by atoms with Gasteiger partial charge in [-0.2, -0.15) is 0 Å². The van der Waals surface area contributed by atoms with Crippen molar-refractivity contribution in [3.05, 3.63) is 0 Å². The van der Waals surface area contributed by atoms with Gasteiger partial charge in [-0.05, 0) is 37.5 Å². The summed E-state index contributed by atoms with van der Waals surface area (Å²) in [5, 5.41) is 10.7. The second kappa shape index (κ2) is 74.5. The molecule has 0 aliphatic heterocycles. The highest BCUT2D eigenvalue weighted by Gasteiger charge is 2.30. The molecular weight excluding hydrogens is 1330 g/mol. The zero-order valence-corrected chi connectivity index (χ0v) is 68.7. The number of ether oxygens (including phenoxy) is 4. The number of hydrogen-bond donors (Lipinski definition) is 3. The van der Waals surface area contributed by atoms with E-state index in [0.717, 1.165) is 102 Å². The molecule has 0 aliphatic rings. The molecule has 0 saturated heterocycles. The first-order chi connectivity index (χ1) is 49.4. The van der Waals surface area contributed by atoms with Crippen molar-refractivity contribution in [2.75, 3.05) is 39.6 Å². The van der Waals surface area contributed by atoms with Crippen LogP contribution in [0.2, 0.25) is 0 Å². The Kier molecular flexibility index (Phi) is 73.1. The fraction of sp³-hybridized carbons (Fsp3) is 0.952. The van der Waals surface area contributed by atoms with Crippen molar-refractivity contribution in [2.45, 2.75) is 458 Å². The highest BCUT2D eigenvalue weighted by Crippen LogP contribution is 2.45. The van der Waals surface area contributed by atoms with Crippen LogP contribution in [0.25, 0.3) is 0 Å². The summed E-state index contributed by atoms with van der Waals surface area (Å²) >= 11 is 0. The number of esters is 4. The average Bonchev–Trinajstić information content (AvgIpc) is 0.921. The van der Waals surface area contributed by atoms with Crippen LogP contribution in [0.1, 0.15) is 440 Å². The van der Waals surface area contributed by atoms with Gasteiger partial charge in [0.1, 0.15) is 19.3 Å². The molecule has 0 amide bonds. The van der Waals surface area contributed by atoms with Gasteiger partial charge in [-0.3, -0.25) is 37.3 Å². The van der Waals surface area contributed by atoms with Crippen LogP contribution in [-0.2, 0) is 65.4 Å². The number of phosphoric acid groups is 2. The Hall–Kier alpha value is -1.94. The summed E-state index contributed by atoms with van der Waals surface area (Å²) in [6.07, 6.45) is 65.3. The summed E-state index contributed by atoms with van der Waals surface area (Å²) in [4.78, 5) is 73.1. The second-order valence-corrected chi connectivity index (χ2v) is 33.7. The first kappa shape index (κ1) is 100. The van der Waals surface area contributed by atoms with E-state index in [1.807, 2.05) is 0 Å². The van der Waals surface area contributed by atoms with Gasteiger partial charge in [0.2, 0.25) is 0 Å². The summed E-state index contributed by atoms with van der Waals surface area (Å²) in [6.45, 7) is 9.62. The topological polar surface area (TPSA) is 237 Å². The first-order valence-corrected chi connectivity index (χ1v) is 46.0. The molecule has 102 heavy (non-hydrogen) atoms. The van der Waals surface area contributed by atoms with Crippen molar-refractivity contribution in [1.82, 2.24) is 0 Å². The minimum Gasteiger partial charge on any atom is -0.462 e. The molecule has 0 rings (SSSR count). The number of carbonyl (C=O) groups excluding carboxylic acids is 4. The van der Waals surface area contributed by atoms with Crippen LogP contribution in [0.15, 0.2) is 0 Å². The van der Waals surface area contributed by atoms with Crippen molar-refractivity contribution in [2.24, 2.45) is 11.8 Å². The maximum Gasteiger partial charge on any atom is 0.472 e. The zero-order chi connectivity index (χ0) is 74.9. The molecule has 3 N–H and O–H groups in total. The Bertz CT molecular complexity index is 1960. The number of aliphatic hydroxyl groups excluding tert-OH is 1. The van der Waals surface area contributed by atoms with Crippen LogP contribution >= 0.6 is 15.6 Å². The van der Waals surface area contributed by atoms with E-state index in [1.54, 1.807) is 0 Å². The van der Waals surface area contributed by atoms with E-state index >= 15 is 0 Å². The number of hydrogen-bond acceptors (Lipinski definition) is 15. The number of aliphatic hydroxyl groups is 1. The standard InChI is InChI=1S/C83H162O17P2/c1-7-9-11-13-15-17-19-21-23-24-25-26-27-28-29-30-32-38-42-50-56-62-68-83(88)99-78(71-93-80(85)65-59-53-47-40-36-34-33-35-39-45-51-57-63-75(3)4)73-97-101(89,90)95-69-77(84)70-96-102(91,92)98-74-79(72-94-81(86)66-60-54-48-44-43-46-52-58-64-76(5)6)100-82(87)67-61-55-49-41-37-31-22-20-18-16-14-12-10-8-2/h75-79,84H,7-74H2,1-6H3,(H,89,90)(H,91,92)/t77-,78-,79-/m1/s1. The molecule has 0 aromatic carbocycles. The third-order valence-electron chi connectivity index (χ3n) is 19.5. The van der Waals surface area contributed by atoms with Gasteiger partial charge in [0.05, 0.1) is 26.4 Å². The van der Waals surface area contributed by atoms with Gasteiger partial charge >= 0.3 is 39.5 Å². The minimum absolute atomic E-state index is 0.108. The summed E-state index contributed by atoms with van der Waals surface area (Å²) in [5.41, 5.74) is 0. The SMILES string of the molecule is CCCCCCCCCCCCCCCCCCCCCCCCC(=O)O[C@H](COC(=O)CCCCCCCCCCCCCCC(C)C)COP(=O)(O)OC[C@@H](O)COP(=O)(O)OC[C@@H](COC(=O)CCCCCCCCCCC(C)C)OC(=O)CCCCCCCCCCCCCCCC. The van der Waals surface area contributed by atoms with Gasteiger partial charge in [-0.15, -0.1) is 0 Å². The molecule has 0 spiro atoms. The lowest BCUT2D eigenvalue weighted by molar-refractivity contribution is -0.161. The van der Waals surface area contributed by atoms with Crippen LogP contribution in [-0.4, -0.2) is 96.7 Å². The van der Waals surface area contributed by atoms with Gasteiger partial charge in [0.25, 0.3) is 0 Å². The summed E-state index contributed by atoms with van der Waals surface area (Å²) in [6, 6.07) is 0. The van der Waals surface area contributed by atoms with Crippen molar-refractivity contribution in [1.29, 1.82) is 0 Å². The molecule has 0 saturated carbocycles. The van der Waals surface area contributed by atoms with Gasteiger partial charge in [0.15, 0.2) is 12.2 Å². The normalized spacial score (nSPS) is 13.9. The van der Waals surface area contributed by atoms with Gasteiger partial charge in [-0.25, -0.2) is 9.13 Å². The number of carbonyl (C=O) groups is 4. The molecular formula is C83H162O17P2. The second-order valence-electron chi connectivity index (χ2n) is 30.8.